The first-order valence-electron chi connectivity index (χ1n) is 3.11. The van der Waals surface area contributed by atoms with Gasteiger partial charge in [0.15, 0.2) is 0 Å². The lowest BCUT2D eigenvalue weighted by atomic mass is 10.3. The second-order valence-electron chi connectivity index (χ2n) is 1.75. The number of nitrogens with one attached hydrogen (secondary N) is 1. The molecule has 0 spiro atoms. The van der Waals surface area contributed by atoms with Crippen molar-refractivity contribution in [2.45, 2.75) is 0 Å². The predicted molar refractivity (Wildman–Crippen MR) is 33.9 cm³/mol. The Kier molecular flexibility index (Phi) is 0.621. The second-order valence-corrected chi connectivity index (χ2v) is 1.75. The fraction of sp³-hybridized carbons (Fsp3) is 0. The molecule has 0 unspecified atom stereocenters. The minimum atomic E-state index is 0.384. The summed E-state index contributed by atoms with van der Waals surface area (Å²) < 4.78 is 7.35. The molecular formula is C6H5N3. The molecule has 0 saturated heterocycles. The molecule has 3 heteroatoms. The summed E-state index contributed by atoms with van der Waals surface area (Å²) in [5.74, 6) is 0. The van der Waals surface area contributed by atoms with E-state index in [0.29, 0.717) is 6.04 Å². The normalized spacial score (nSPS) is 11.8. The Hall–Kier alpha value is -1.38. The zero-order chi connectivity index (χ0) is 6.97. The van der Waals surface area contributed by atoms with Gasteiger partial charge in [-0.2, -0.15) is 5.10 Å². The summed E-state index contributed by atoms with van der Waals surface area (Å²) in [5.41, 5.74) is 0.745. The van der Waals surface area contributed by atoms with Crippen molar-refractivity contribution in [3.8, 4) is 0 Å². The highest BCUT2D eigenvalue weighted by Crippen LogP contribution is 2.04. The summed E-state index contributed by atoms with van der Waals surface area (Å²) >= 11 is 0. The molecule has 0 bridgehead atoms. The van der Waals surface area contributed by atoms with Crippen molar-refractivity contribution in [3.05, 3.63) is 24.6 Å². The first-order valence-corrected chi connectivity index (χ1v) is 2.61. The molecule has 0 aromatic carbocycles. The quantitative estimate of drug-likeness (QED) is 0.562. The first kappa shape index (κ1) is 3.61. The Labute approximate surface area is 53.1 Å². The fourth-order valence-corrected chi connectivity index (χ4v) is 0.728. The SMILES string of the molecule is [2H]c1cncc2cn[nH]c12. The molecule has 0 aliphatic rings. The lowest BCUT2D eigenvalue weighted by Gasteiger charge is -1.80. The van der Waals surface area contributed by atoms with E-state index in [1.165, 1.54) is 6.20 Å². The van der Waals surface area contributed by atoms with Crippen LogP contribution in [0.4, 0.5) is 0 Å². The summed E-state index contributed by atoms with van der Waals surface area (Å²) in [6.45, 7) is 0. The summed E-state index contributed by atoms with van der Waals surface area (Å²) in [7, 11) is 0. The number of H-pyrrole nitrogens is 1. The summed E-state index contributed by atoms with van der Waals surface area (Å²) in [6.07, 6.45) is 4.82. The van der Waals surface area contributed by atoms with E-state index in [1.807, 2.05) is 0 Å². The molecule has 0 amide bonds. The fourth-order valence-electron chi connectivity index (χ4n) is 0.728. The number of pyridine rings is 1. The van der Waals surface area contributed by atoms with E-state index in [-0.39, 0.29) is 0 Å². The van der Waals surface area contributed by atoms with Gasteiger partial charge in [0.1, 0.15) is 0 Å². The summed E-state index contributed by atoms with van der Waals surface area (Å²) in [5, 5.41) is 7.37. The van der Waals surface area contributed by atoms with E-state index in [2.05, 4.69) is 15.2 Å². The Bertz CT molecular complexity index is 355. The highest BCUT2D eigenvalue weighted by Gasteiger charge is 1.89. The molecule has 2 aromatic heterocycles. The Morgan fingerprint density at radius 3 is 3.44 bits per heavy atom. The predicted octanol–water partition coefficient (Wildman–Crippen LogP) is 0.958. The van der Waals surface area contributed by atoms with Crippen molar-refractivity contribution < 1.29 is 1.37 Å². The molecular weight excluding hydrogens is 114 g/mol. The van der Waals surface area contributed by atoms with Gasteiger partial charge in [0, 0.05) is 17.8 Å². The van der Waals surface area contributed by atoms with Crippen molar-refractivity contribution in [1.82, 2.24) is 15.2 Å². The Balaban J connectivity index is 2.95. The molecule has 3 nitrogen and oxygen atoms in total. The minimum Gasteiger partial charge on any atom is -0.278 e. The van der Waals surface area contributed by atoms with Crippen molar-refractivity contribution in [1.29, 1.82) is 0 Å². The van der Waals surface area contributed by atoms with E-state index >= 15 is 0 Å². The van der Waals surface area contributed by atoms with E-state index < -0.39 is 0 Å². The maximum atomic E-state index is 7.35. The molecule has 9 heavy (non-hydrogen) atoms. The lowest BCUT2D eigenvalue weighted by Crippen LogP contribution is -1.68. The maximum Gasteiger partial charge on any atom is 0.0681 e. The van der Waals surface area contributed by atoms with Crippen LogP contribution in [0, 0.1) is 0 Å². The standard InChI is InChI=1S/C6H5N3/c1-2-7-3-5-4-8-9-6(1)5/h1-4H,(H,8,9)/i1D. The zero-order valence-corrected chi connectivity index (χ0v) is 4.63. The van der Waals surface area contributed by atoms with Gasteiger partial charge in [0.05, 0.1) is 13.1 Å². The number of aromatic amines is 1. The molecule has 0 aliphatic heterocycles. The molecule has 1 N–H and O–H groups in total. The average molecular weight is 120 g/mol. The number of rotatable bonds is 0. The van der Waals surface area contributed by atoms with Gasteiger partial charge in [-0.1, -0.05) is 0 Å². The Morgan fingerprint density at radius 2 is 2.56 bits per heavy atom. The first-order chi connectivity index (χ1) is 4.88. The van der Waals surface area contributed by atoms with Gasteiger partial charge < -0.3 is 0 Å². The molecule has 2 heterocycles. The molecule has 2 aromatic rings. The molecule has 2 rings (SSSR count). The Morgan fingerprint density at radius 1 is 1.56 bits per heavy atom. The minimum absolute atomic E-state index is 0.384. The van der Waals surface area contributed by atoms with Crippen LogP contribution >= 0.6 is 0 Å². The van der Waals surface area contributed by atoms with E-state index in [0.717, 1.165) is 10.9 Å². The van der Waals surface area contributed by atoms with Crippen LogP contribution in [0.2, 0.25) is 0 Å². The highest BCUT2D eigenvalue weighted by molar-refractivity contribution is 5.75. The van der Waals surface area contributed by atoms with Crippen molar-refractivity contribution in [2.24, 2.45) is 0 Å². The van der Waals surface area contributed by atoms with Crippen LogP contribution in [0.5, 0.6) is 0 Å². The molecule has 0 aliphatic carbocycles. The van der Waals surface area contributed by atoms with Gasteiger partial charge in [-0.3, -0.25) is 10.1 Å². The third-order valence-corrected chi connectivity index (χ3v) is 1.17. The smallest absolute Gasteiger partial charge is 0.0681 e. The van der Waals surface area contributed by atoms with Crippen LogP contribution in [0.3, 0.4) is 0 Å². The number of nitrogens with zero attached hydrogens (tertiary/aromatic N) is 2. The molecule has 0 fully saturated rings. The van der Waals surface area contributed by atoms with Crippen LogP contribution in [0.15, 0.2) is 24.6 Å². The molecule has 0 saturated carbocycles. The monoisotopic (exact) mass is 120 g/mol. The average Bonchev–Trinajstić information content (AvgIpc) is 2.36. The highest BCUT2D eigenvalue weighted by atomic mass is 15.1. The summed E-state index contributed by atoms with van der Waals surface area (Å²) in [4.78, 5) is 3.84. The van der Waals surface area contributed by atoms with Crippen LogP contribution in [-0.2, 0) is 0 Å². The van der Waals surface area contributed by atoms with E-state index in [4.69, 9.17) is 1.37 Å². The number of fused-ring (bicyclic) bond motifs is 1. The third-order valence-electron chi connectivity index (χ3n) is 1.17. The van der Waals surface area contributed by atoms with Crippen molar-refractivity contribution in [2.75, 3.05) is 0 Å². The van der Waals surface area contributed by atoms with Gasteiger partial charge in [0.2, 0.25) is 0 Å². The van der Waals surface area contributed by atoms with Crippen molar-refractivity contribution >= 4 is 10.9 Å². The van der Waals surface area contributed by atoms with E-state index in [9.17, 15) is 0 Å². The lowest BCUT2D eigenvalue weighted by molar-refractivity contribution is 1.12. The topological polar surface area (TPSA) is 41.6 Å². The largest absolute Gasteiger partial charge is 0.278 e. The maximum absolute atomic E-state index is 7.35. The van der Waals surface area contributed by atoms with Crippen molar-refractivity contribution in [3.63, 3.8) is 0 Å². The second kappa shape index (κ2) is 1.55. The van der Waals surface area contributed by atoms with Gasteiger partial charge in [-0.05, 0) is 6.04 Å². The summed E-state index contributed by atoms with van der Waals surface area (Å²) in [6, 6.07) is 0.384. The van der Waals surface area contributed by atoms with Crippen LogP contribution in [0.1, 0.15) is 1.37 Å². The van der Waals surface area contributed by atoms with Crippen LogP contribution in [-0.4, -0.2) is 15.2 Å². The molecule has 0 atom stereocenters. The van der Waals surface area contributed by atoms with Gasteiger partial charge in [-0.15, -0.1) is 0 Å². The van der Waals surface area contributed by atoms with Crippen LogP contribution in [0.25, 0.3) is 10.9 Å². The third kappa shape index (κ3) is 0.579. The number of aromatic nitrogens is 3. The zero-order valence-electron chi connectivity index (χ0n) is 5.63. The van der Waals surface area contributed by atoms with Gasteiger partial charge in [-0.25, -0.2) is 0 Å². The number of hydrogen-bond acceptors (Lipinski definition) is 2. The molecule has 44 valence electrons. The number of hydrogen-bond donors (Lipinski definition) is 1. The van der Waals surface area contributed by atoms with Gasteiger partial charge in [0.25, 0.3) is 0 Å². The molecule has 0 radical (unpaired) electrons. The van der Waals surface area contributed by atoms with Crippen LogP contribution < -0.4 is 0 Å². The van der Waals surface area contributed by atoms with E-state index in [1.54, 1.807) is 12.4 Å². The van der Waals surface area contributed by atoms with Gasteiger partial charge >= 0.3 is 0 Å².